The second-order valence-corrected chi connectivity index (χ2v) is 11.7. The number of amides is 3. The molecule has 1 aliphatic rings. The number of alkyl carbamates (subject to hydrolysis) is 1. The Morgan fingerprint density at radius 1 is 0.947 bits per heavy atom. The summed E-state index contributed by atoms with van der Waals surface area (Å²) in [4.78, 5) is 42.7. The van der Waals surface area contributed by atoms with Gasteiger partial charge in [-0.25, -0.2) is 4.79 Å². The predicted molar refractivity (Wildman–Crippen MR) is 151 cm³/mol. The fraction of sp³-hybridized carbons (Fsp3) is 0.516. The van der Waals surface area contributed by atoms with Crippen LogP contribution in [0.1, 0.15) is 82.2 Å². The molecule has 1 aliphatic carbocycles. The Morgan fingerprint density at radius 2 is 1.61 bits per heavy atom. The second-order valence-electron chi connectivity index (χ2n) is 11.7. The smallest absolute Gasteiger partial charge is 0.408 e. The highest BCUT2D eigenvalue weighted by Gasteiger charge is 2.43. The van der Waals surface area contributed by atoms with Crippen LogP contribution >= 0.6 is 0 Å². The van der Waals surface area contributed by atoms with E-state index in [1.54, 1.807) is 25.7 Å². The molecule has 0 aliphatic heterocycles. The molecule has 2 aromatic rings. The molecule has 0 heterocycles. The van der Waals surface area contributed by atoms with Crippen molar-refractivity contribution in [3.63, 3.8) is 0 Å². The molecule has 2 aromatic carbocycles. The molecule has 7 nitrogen and oxygen atoms in total. The fourth-order valence-corrected chi connectivity index (χ4v) is 4.58. The first-order valence-corrected chi connectivity index (χ1v) is 13.5. The zero-order valence-corrected chi connectivity index (χ0v) is 24.1. The van der Waals surface area contributed by atoms with E-state index in [1.807, 2.05) is 77.1 Å². The third-order valence-electron chi connectivity index (χ3n) is 7.10. The molecule has 1 saturated carbocycles. The highest BCUT2D eigenvalue weighted by molar-refractivity contribution is 5.99. The van der Waals surface area contributed by atoms with Gasteiger partial charge in [0.05, 0.1) is 0 Å². The topological polar surface area (TPSA) is 87.7 Å². The number of hydrogen-bond donors (Lipinski definition) is 2. The van der Waals surface area contributed by atoms with Crippen molar-refractivity contribution in [1.82, 2.24) is 10.2 Å². The summed E-state index contributed by atoms with van der Waals surface area (Å²) in [5.41, 5.74) is 3.86. The zero-order chi connectivity index (χ0) is 28.2. The highest BCUT2D eigenvalue weighted by atomic mass is 16.6. The van der Waals surface area contributed by atoms with Gasteiger partial charge in [0, 0.05) is 11.7 Å². The normalized spacial score (nSPS) is 15.3. The lowest BCUT2D eigenvalue weighted by Gasteiger charge is -2.44. The van der Waals surface area contributed by atoms with E-state index in [0.717, 1.165) is 41.5 Å². The highest BCUT2D eigenvalue weighted by Crippen LogP contribution is 2.35. The molecule has 0 radical (unpaired) electrons. The van der Waals surface area contributed by atoms with Gasteiger partial charge in [-0.15, -0.1) is 0 Å². The molecule has 1 fully saturated rings. The van der Waals surface area contributed by atoms with E-state index in [2.05, 4.69) is 10.6 Å². The Bertz CT molecular complexity index is 1160. The van der Waals surface area contributed by atoms with Crippen molar-refractivity contribution in [3.8, 4) is 0 Å². The van der Waals surface area contributed by atoms with Crippen LogP contribution in [-0.2, 0) is 14.3 Å². The predicted octanol–water partition coefficient (Wildman–Crippen LogP) is 6.22. The molecule has 3 amide bonds. The van der Waals surface area contributed by atoms with Crippen molar-refractivity contribution in [2.24, 2.45) is 5.92 Å². The molecule has 0 aromatic heterocycles. The molecule has 2 unspecified atom stereocenters. The number of ether oxygens (including phenoxy) is 1. The maximum absolute atomic E-state index is 14.3. The zero-order valence-electron chi connectivity index (χ0n) is 24.1. The van der Waals surface area contributed by atoms with Crippen LogP contribution in [0.2, 0.25) is 0 Å². The Balaban J connectivity index is 2.05. The molecule has 2 N–H and O–H groups in total. The van der Waals surface area contributed by atoms with Crippen LogP contribution < -0.4 is 10.6 Å². The van der Waals surface area contributed by atoms with Crippen molar-refractivity contribution in [2.75, 3.05) is 5.32 Å². The molecule has 7 heteroatoms. The second kappa shape index (κ2) is 12.0. The summed E-state index contributed by atoms with van der Waals surface area (Å²) in [6.07, 6.45) is 1.95. The van der Waals surface area contributed by atoms with E-state index in [0.29, 0.717) is 5.69 Å². The number of carbonyl (C=O) groups is 3. The summed E-state index contributed by atoms with van der Waals surface area (Å²) in [5, 5.41) is 5.87. The third kappa shape index (κ3) is 7.15. The minimum absolute atomic E-state index is 0.0987. The van der Waals surface area contributed by atoms with Gasteiger partial charge in [-0.1, -0.05) is 50.2 Å². The van der Waals surface area contributed by atoms with E-state index >= 15 is 0 Å². The number of hydrogen-bond acceptors (Lipinski definition) is 4. The fourth-order valence-electron chi connectivity index (χ4n) is 4.58. The van der Waals surface area contributed by atoms with Crippen LogP contribution in [0.4, 0.5) is 10.5 Å². The molecule has 2 atom stereocenters. The molecule has 38 heavy (non-hydrogen) atoms. The quantitative estimate of drug-likeness (QED) is 0.432. The van der Waals surface area contributed by atoms with E-state index in [4.69, 9.17) is 4.74 Å². The van der Waals surface area contributed by atoms with Gasteiger partial charge in [-0.3, -0.25) is 9.59 Å². The van der Waals surface area contributed by atoms with Gasteiger partial charge in [-0.05, 0) is 95.0 Å². The van der Waals surface area contributed by atoms with Crippen LogP contribution in [-0.4, -0.2) is 40.5 Å². The average molecular weight is 522 g/mol. The van der Waals surface area contributed by atoms with E-state index in [1.165, 1.54) is 0 Å². The number of para-hydroxylation sites is 1. The first-order valence-electron chi connectivity index (χ1n) is 13.5. The minimum atomic E-state index is -0.853. The lowest BCUT2D eigenvalue weighted by molar-refractivity contribution is -0.146. The lowest BCUT2D eigenvalue weighted by Crippen LogP contribution is -2.58. The molecule has 0 bridgehead atoms. The van der Waals surface area contributed by atoms with Crippen molar-refractivity contribution < 1.29 is 19.1 Å². The van der Waals surface area contributed by atoms with Crippen molar-refractivity contribution in [1.29, 1.82) is 0 Å². The Kier molecular flexibility index (Phi) is 9.23. The average Bonchev–Trinajstić information content (AvgIpc) is 2.78. The third-order valence-corrected chi connectivity index (χ3v) is 7.10. The number of rotatable bonds is 8. The number of benzene rings is 2. The van der Waals surface area contributed by atoms with Crippen LogP contribution in [0.5, 0.6) is 0 Å². The van der Waals surface area contributed by atoms with Crippen LogP contribution in [0.15, 0.2) is 42.5 Å². The van der Waals surface area contributed by atoms with Crippen molar-refractivity contribution >= 4 is 23.6 Å². The van der Waals surface area contributed by atoms with Gasteiger partial charge in [0.25, 0.3) is 5.91 Å². The Labute approximate surface area is 227 Å². The van der Waals surface area contributed by atoms with Gasteiger partial charge in [0.1, 0.15) is 17.7 Å². The number of nitrogens with zero attached hydrogens (tertiary/aromatic N) is 1. The van der Waals surface area contributed by atoms with Gasteiger partial charge in [0.15, 0.2) is 0 Å². The Hall–Kier alpha value is -3.35. The standard InChI is InChI=1S/C31H43N3O4/c1-19(2)26(33-30(37)38-31(6,7)8)29(36)34(24-13-11-14-24)27(23-17-16-20(3)22(5)18-23)28(35)32-25-15-10-9-12-21(25)4/h9-10,12,15-19,24,26-27H,11,13-14H2,1-8H3,(H,32,35)(H,33,37). The summed E-state index contributed by atoms with van der Waals surface area (Å²) in [5.74, 6) is -0.765. The van der Waals surface area contributed by atoms with E-state index < -0.39 is 23.8 Å². The maximum Gasteiger partial charge on any atom is 0.408 e. The monoisotopic (exact) mass is 521 g/mol. The van der Waals surface area contributed by atoms with Crippen molar-refractivity contribution in [2.45, 2.75) is 98.4 Å². The summed E-state index contributed by atoms with van der Waals surface area (Å²) in [7, 11) is 0. The molecule has 3 rings (SSSR count). The molecule has 206 valence electrons. The van der Waals surface area contributed by atoms with Gasteiger partial charge in [0.2, 0.25) is 5.91 Å². The number of aryl methyl sites for hydroxylation is 3. The largest absolute Gasteiger partial charge is 0.444 e. The van der Waals surface area contributed by atoms with Crippen LogP contribution in [0.3, 0.4) is 0 Å². The van der Waals surface area contributed by atoms with Crippen LogP contribution in [0.25, 0.3) is 0 Å². The summed E-state index contributed by atoms with van der Waals surface area (Å²) in [6, 6.07) is 11.7. The molecular formula is C31H43N3O4. The van der Waals surface area contributed by atoms with Crippen LogP contribution in [0, 0.1) is 26.7 Å². The molecule has 0 saturated heterocycles. The minimum Gasteiger partial charge on any atom is -0.444 e. The van der Waals surface area contributed by atoms with Gasteiger partial charge < -0.3 is 20.3 Å². The maximum atomic E-state index is 14.3. The lowest BCUT2D eigenvalue weighted by atomic mass is 9.87. The SMILES string of the molecule is Cc1ccc(C(C(=O)Nc2ccccc2C)N(C(=O)C(NC(=O)OC(C)(C)C)C(C)C)C2CCC2)cc1C. The van der Waals surface area contributed by atoms with Gasteiger partial charge >= 0.3 is 6.09 Å². The number of nitrogens with one attached hydrogen (secondary N) is 2. The number of carbonyl (C=O) groups excluding carboxylic acids is 3. The summed E-state index contributed by atoms with van der Waals surface area (Å²) < 4.78 is 5.46. The van der Waals surface area contributed by atoms with E-state index in [-0.39, 0.29) is 23.8 Å². The summed E-state index contributed by atoms with van der Waals surface area (Å²) >= 11 is 0. The molecule has 0 spiro atoms. The van der Waals surface area contributed by atoms with Gasteiger partial charge in [-0.2, -0.15) is 0 Å². The van der Waals surface area contributed by atoms with Crippen molar-refractivity contribution in [3.05, 3.63) is 64.7 Å². The first kappa shape index (κ1) is 29.2. The summed E-state index contributed by atoms with van der Waals surface area (Å²) in [6.45, 7) is 15.1. The molecular weight excluding hydrogens is 478 g/mol. The number of anilines is 1. The van der Waals surface area contributed by atoms with E-state index in [9.17, 15) is 14.4 Å². The first-order chi connectivity index (χ1) is 17.8. The Morgan fingerprint density at radius 3 is 2.13 bits per heavy atom.